The van der Waals surface area contributed by atoms with Crippen LogP contribution in [0.1, 0.15) is 31.9 Å². The van der Waals surface area contributed by atoms with Gasteiger partial charge >= 0.3 is 5.97 Å². The van der Waals surface area contributed by atoms with Crippen molar-refractivity contribution in [2.45, 2.75) is 39.2 Å². The lowest BCUT2D eigenvalue weighted by Crippen LogP contribution is -2.51. The van der Waals surface area contributed by atoms with Gasteiger partial charge in [0.1, 0.15) is 5.54 Å². The molecule has 5 heteroatoms. The summed E-state index contributed by atoms with van der Waals surface area (Å²) in [5, 5.41) is 10.2. The molecule has 2 N–H and O–H groups in total. The number of hydrogen-bond donors (Lipinski definition) is 2. The lowest BCUT2D eigenvalue weighted by molar-refractivity contribution is -0.155. The zero-order valence-electron chi connectivity index (χ0n) is 13.4. The molecule has 1 aromatic carbocycles. The molecule has 118 valence electrons. The van der Waals surface area contributed by atoms with Crippen LogP contribution >= 0.6 is 0 Å². The maximum absolute atomic E-state index is 12.4. The molecule has 0 radical (unpaired) electrons. The Morgan fingerprint density at radius 1 is 1.27 bits per heavy atom. The second kappa shape index (κ2) is 5.83. The summed E-state index contributed by atoms with van der Waals surface area (Å²) in [7, 11) is 1.53. The van der Waals surface area contributed by atoms with Gasteiger partial charge in [0.25, 0.3) is 0 Å². The molecule has 0 aliphatic heterocycles. The van der Waals surface area contributed by atoms with E-state index >= 15 is 0 Å². The quantitative estimate of drug-likeness (QED) is 0.891. The highest BCUT2D eigenvalue weighted by Crippen LogP contribution is 2.24. The van der Waals surface area contributed by atoms with Gasteiger partial charge in [0.2, 0.25) is 5.91 Å². The standard InChI is InChI=1S/C17H22N2O3/c1-5-11-7-6-8-13-12(10-18-15(11)13)9-14(20)19(4)17(2,3)16(21)22/h6-8,10,18H,5,9H2,1-4H3,(H,21,22). The van der Waals surface area contributed by atoms with Gasteiger partial charge in [-0.3, -0.25) is 4.79 Å². The number of H-pyrrole nitrogens is 1. The zero-order chi connectivity index (χ0) is 16.5. The number of carbonyl (C=O) groups excluding carboxylic acids is 1. The normalized spacial score (nSPS) is 11.6. The monoisotopic (exact) mass is 302 g/mol. The van der Waals surface area contributed by atoms with Crippen LogP contribution in [0.25, 0.3) is 10.9 Å². The molecule has 0 bridgehead atoms. The third kappa shape index (κ3) is 2.71. The van der Waals surface area contributed by atoms with Crippen LogP contribution in [0.4, 0.5) is 0 Å². The number of nitrogens with zero attached hydrogens (tertiary/aromatic N) is 1. The largest absolute Gasteiger partial charge is 0.480 e. The SMILES string of the molecule is CCc1cccc2c(CC(=O)N(C)C(C)(C)C(=O)O)c[nH]c12. The molecule has 0 aliphatic rings. The Labute approximate surface area is 129 Å². The maximum atomic E-state index is 12.4. The fourth-order valence-electron chi connectivity index (χ4n) is 2.45. The number of aromatic nitrogens is 1. The van der Waals surface area contributed by atoms with Crippen molar-refractivity contribution in [2.75, 3.05) is 7.05 Å². The zero-order valence-corrected chi connectivity index (χ0v) is 13.4. The number of rotatable bonds is 5. The molecule has 0 atom stereocenters. The Kier molecular flexibility index (Phi) is 4.26. The molecule has 2 aromatic rings. The van der Waals surface area contributed by atoms with Gasteiger partial charge in [-0.1, -0.05) is 25.1 Å². The molecule has 0 fully saturated rings. The molecule has 0 saturated carbocycles. The number of aromatic amines is 1. The van der Waals surface area contributed by atoms with Crippen molar-refractivity contribution >= 4 is 22.8 Å². The molecule has 2 rings (SSSR count). The highest BCUT2D eigenvalue weighted by molar-refractivity contribution is 5.92. The number of para-hydroxylation sites is 1. The minimum absolute atomic E-state index is 0.181. The fourth-order valence-corrected chi connectivity index (χ4v) is 2.45. The van der Waals surface area contributed by atoms with Crippen LogP contribution in [0.15, 0.2) is 24.4 Å². The van der Waals surface area contributed by atoms with E-state index in [0.29, 0.717) is 0 Å². The van der Waals surface area contributed by atoms with E-state index in [0.717, 1.165) is 22.9 Å². The van der Waals surface area contributed by atoms with Crippen LogP contribution in [0.2, 0.25) is 0 Å². The fraction of sp³-hybridized carbons (Fsp3) is 0.412. The number of carboxylic acids is 1. The van der Waals surface area contributed by atoms with Gasteiger partial charge in [0.15, 0.2) is 0 Å². The Morgan fingerprint density at radius 3 is 2.55 bits per heavy atom. The summed E-state index contributed by atoms with van der Waals surface area (Å²) >= 11 is 0. The molecule has 0 unspecified atom stereocenters. The van der Waals surface area contributed by atoms with Crippen LogP contribution in [-0.2, 0) is 22.4 Å². The first-order valence-electron chi connectivity index (χ1n) is 7.37. The molecule has 1 amide bonds. The maximum Gasteiger partial charge on any atom is 0.329 e. The van der Waals surface area contributed by atoms with Gasteiger partial charge in [-0.05, 0) is 31.4 Å². The van der Waals surface area contributed by atoms with E-state index in [2.05, 4.69) is 18.0 Å². The van der Waals surface area contributed by atoms with E-state index in [4.69, 9.17) is 0 Å². The second-order valence-corrected chi connectivity index (χ2v) is 6.00. The smallest absolute Gasteiger partial charge is 0.329 e. The van der Waals surface area contributed by atoms with Crippen molar-refractivity contribution in [2.24, 2.45) is 0 Å². The summed E-state index contributed by atoms with van der Waals surface area (Å²) < 4.78 is 0. The highest BCUT2D eigenvalue weighted by Gasteiger charge is 2.35. The lowest BCUT2D eigenvalue weighted by Gasteiger charge is -2.31. The third-order valence-electron chi connectivity index (χ3n) is 4.35. The van der Waals surface area contributed by atoms with Crippen LogP contribution in [0.5, 0.6) is 0 Å². The number of aliphatic carboxylic acids is 1. The van der Waals surface area contributed by atoms with Gasteiger partial charge in [0.05, 0.1) is 6.42 Å². The number of carboxylic acid groups (broad SMARTS) is 1. The van der Waals surface area contributed by atoms with Gasteiger partial charge in [-0.15, -0.1) is 0 Å². The van der Waals surface area contributed by atoms with E-state index in [1.165, 1.54) is 31.4 Å². The van der Waals surface area contributed by atoms with Crippen LogP contribution in [0, 0.1) is 0 Å². The molecular formula is C17H22N2O3. The molecular weight excluding hydrogens is 280 g/mol. The lowest BCUT2D eigenvalue weighted by atomic mass is 10.0. The number of nitrogens with one attached hydrogen (secondary N) is 1. The number of amides is 1. The molecule has 5 nitrogen and oxygen atoms in total. The van der Waals surface area contributed by atoms with Gasteiger partial charge < -0.3 is 15.0 Å². The third-order valence-corrected chi connectivity index (χ3v) is 4.35. The van der Waals surface area contributed by atoms with E-state index in [9.17, 15) is 14.7 Å². The number of likely N-dealkylation sites (N-methyl/N-ethyl adjacent to an activating group) is 1. The van der Waals surface area contributed by atoms with Gasteiger partial charge in [-0.25, -0.2) is 4.79 Å². The topological polar surface area (TPSA) is 73.4 Å². The Bertz CT molecular complexity index is 716. The second-order valence-electron chi connectivity index (χ2n) is 6.00. The highest BCUT2D eigenvalue weighted by atomic mass is 16.4. The van der Waals surface area contributed by atoms with Crippen LogP contribution < -0.4 is 0 Å². The Morgan fingerprint density at radius 2 is 1.95 bits per heavy atom. The van der Waals surface area contributed by atoms with Gasteiger partial charge in [-0.2, -0.15) is 0 Å². The van der Waals surface area contributed by atoms with Crippen molar-refractivity contribution in [3.8, 4) is 0 Å². The first kappa shape index (κ1) is 16.1. The number of aryl methyl sites for hydroxylation is 1. The molecule has 0 aliphatic carbocycles. The van der Waals surface area contributed by atoms with E-state index in [-0.39, 0.29) is 12.3 Å². The van der Waals surface area contributed by atoms with Crippen molar-refractivity contribution in [3.63, 3.8) is 0 Å². The van der Waals surface area contributed by atoms with E-state index < -0.39 is 11.5 Å². The summed E-state index contributed by atoms with van der Waals surface area (Å²) in [4.78, 5) is 28.2. The molecule has 1 heterocycles. The number of carbonyl (C=O) groups is 2. The molecule has 0 spiro atoms. The summed E-state index contributed by atoms with van der Waals surface area (Å²) in [6.45, 7) is 5.14. The van der Waals surface area contributed by atoms with E-state index in [1.54, 1.807) is 0 Å². The van der Waals surface area contributed by atoms with Crippen molar-refractivity contribution in [1.29, 1.82) is 0 Å². The van der Waals surface area contributed by atoms with Crippen LogP contribution in [0.3, 0.4) is 0 Å². The van der Waals surface area contributed by atoms with Crippen molar-refractivity contribution < 1.29 is 14.7 Å². The predicted octanol–water partition coefficient (Wildman–Crippen LogP) is 2.59. The minimum Gasteiger partial charge on any atom is -0.480 e. The summed E-state index contributed by atoms with van der Waals surface area (Å²) in [5.41, 5.74) is 1.92. The average molecular weight is 302 g/mol. The number of hydrogen-bond acceptors (Lipinski definition) is 2. The summed E-state index contributed by atoms with van der Waals surface area (Å²) in [6.07, 6.45) is 2.93. The summed E-state index contributed by atoms with van der Waals surface area (Å²) in [6, 6.07) is 6.02. The van der Waals surface area contributed by atoms with Crippen molar-refractivity contribution in [3.05, 3.63) is 35.5 Å². The molecule has 22 heavy (non-hydrogen) atoms. The van der Waals surface area contributed by atoms with Crippen molar-refractivity contribution in [1.82, 2.24) is 9.88 Å². The Hall–Kier alpha value is -2.30. The van der Waals surface area contributed by atoms with Gasteiger partial charge in [0, 0.05) is 24.1 Å². The van der Waals surface area contributed by atoms with Crippen LogP contribution in [-0.4, -0.2) is 39.5 Å². The summed E-state index contributed by atoms with van der Waals surface area (Å²) in [5.74, 6) is -1.23. The minimum atomic E-state index is -1.22. The number of fused-ring (bicyclic) bond motifs is 1. The van der Waals surface area contributed by atoms with E-state index in [1.807, 2.05) is 18.3 Å². The first-order chi connectivity index (χ1) is 10.3. The predicted molar refractivity (Wildman–Crippen MR) is 85.9 cm³/mol. The first-order valence-corrected chi connectivity index (χ1v) is 7.37. The molecule has 0 saturated heterocycles. The average Bonchev–Trinajstić information content (AvgIpc) is 2.89. The number of benzene rings is 1. The Balaban J connectivity index is 2.28. The molecule has 1 aromatic heterocycles.